The van der Waals surface area contributed by atoms with E-state index in [2.05, 4.69) is 5.32 Å². The first-order valence-corrected chi connectivity index (χ1v) is 10.6. The smallest absolute Gasteiger partial charge is 0.410 e. The summed E-state index contributed by atoms with van der Waals surface area (Å²) < 4.78 is 19.6. The second-order valence-electron chi connectivity index (χ2n) is 8.70. The molecule has 0 unspecified atom stereocenters. The third-order valence-corrected chi connectivity index (χ3v) is 5.12. The van der Waals surface area contributed by atoms with Crippen LogP contribution in [0.4, 0.5) is 14.9 Å². The summed E-state index contributed by atoms with van der Waals surface area (Å²) in [5.74, 6) is -0.849. The highest BCUT2D eigenvalue weighted by Crippen LogP contribution is 2.23. The van der Waals surface area contributed by atoms with E-state index in [0.29, 0.717) is 36.3 Å². The second kappa shape index (κ2) is 10.6. The summed E-state index contributed by atoms with van der Waals surface area (Å²) in [5.41, 5.74) is -0.0238. The number of anilines is 1. The van der Waals surface area contributed by atoms with Crippen molar-refractivity contribution >= 4 is 17.7 Å². The maximum atomic E-state index is 14.2. The molecule has 8 heteroatoms. The van der Waals surface area contributed by atoms with Crippen molar-refractivity contribution in [1.29, 1.82) is 0 Å². The van der Waals surface area contributed by atoms with Gasteiger partial charge >= 0.3 is 6.09 Å². The van der Waals surface area contributed by atoms with Gasteiger partial charge in [-0.1, -0.05) is 0 Å². The maximum absolute atomic E-state index is 14.2. The molecule has 2 amide bonds. The predicted molar refractivity (Wildman–Crippen MR) is 113 cm³/mol. The minimum Gasteiger partial charge on any atom is -0.444 e. The second-order valence-corrected chi connectivity index (χ2v) is 8.70. The zero-order valence-corrected chi connectivity index (χ0v) is 18.4. The van der Waals surface area contributed by atoms with Gasteiger partial charge in [-0.05, 0) is 77.5 Å². The molecule has 2 N–H and O–H groups in total. The largest absolute Gasteiger partial charge is 0.444 e. The molecule has 1 aliphatic heterocycles. The van der Waals surface area contributed by atoms with Crippen molar-refractivity contribution in [1.82, 2.24) is 9.96 Å². The van der Waals surface area contributed by atoms with Gasteiger partial charge in [0.25, 0.3) is 5.91 Å². The number of nitrogens with one attached hydrogen (secondary N) is 1. The molecule has 1 fully saturated rings. The number of hydrogen-bond acceptors (Lipinski definition) is 5. The fourth-order valence-corrected chi connectivity index (χ4v) is 3.44. The summed E-state index contributed by atoms with van der Waals surface area (Å²) in [4.78, 5) is 25.7. The van der Waals surface area contributed by atoms with Gasteiger partial charge in [0.2, 0.25) is 0 Å². The molecule has 1 aromatic carbocycles. The summed E-state index contributed by atoms with van der Waals surface area (Å²) in [7, 11) is 0. The van der Waals surface area contributed by atoms with Crippen molar-refractivity contribution in [2.24, 2.45) is 5.92 Å². The molecule has 2 rings (SSSR count). The molecule has 0 atom stereocenters. The predicted octanol–water partition coefficient (Wildman–Crippen LogP) is 4.52. The molecule has 0 bridgehead atoms. The lowest BCUT2D eigenvalue weighted by Crippen LogP contribution is -2.41. The number of halogens is 1. The van der Waals surface area contributed by atoms with Gasteiger partial charge in [0, 0.05) is 31.9 Å². The molecule has 1 aliphatic rings. The molecule has 0 saturated carbocycles. The zero-order chi connectivity index (χ0) is 22.3. The number of hydroxylamine groups is 2. The molecule has 0 aliphatic carbocycles. The number of amides is 2. The fraction of sp³-hybridized carbons (Fsp3) is 0.636. The van der Waals surface area contributed by atoms with E-state index in [9.17, 15) is 19.2 Å². The maximum Gasteiger partial charge on any atom is 0.410 e. The van der Waals surface area contributed by atoms with Gasteiger partial charge < -0.3 is 15.0 Å². The van der Waals surface area contributed by atoms with E-state index >= 15 is 0 Å². The van der Waals surface area contributed by atoms with Gasteiger partial charge in [0.15, 0.2) is 0 Å². The Balaban J connectivity index is 1.70. The highest BCUT2D eigenvalue weighted by atomic mass is 19.1. The number of hydrogen-bond donors (Lipinski definition) is 2. The van der Waals surface area contributed by atoms with Crippen molar-refractivity contribution in [3.05, 3.63) is 29.6 Å². The van der Waals surface area contributed by atoms with Gasteiger partial charge in [0.05, 0.1) is 5.56 Å². The molecule has 168 valence electrons. The SMILES string of the molecule is CCN(O)C(=O)c1ccc(NCCCC2CCN(C(=O)OC(C)(C)C)CC2)cc1F. The normalized spacial score (nSPS) is 15.1. The fourth-order valence-electron chi connectivity index (χ4n) is 3.44. The van der Waals surface area contributed by atoms with Crippen LogP contribution in [0.5, 0.6) is 0 Å². The highest BCUT2D eigenvalue weighted by molar-refractivity contribution is 5.94. The zero-order valence-electron chi connectivity index (χ0n) is 18.4. The lowest BCUT2D eigenvalue weighted by atomic mass is 9.92. The lowest BCUT2D eigenvalue weighted by Gasteiger charge is -2.33. The van der Waals surface area contributed by atoms with Crippen molar-refractivity contribution in [3.8, 4) is 0 Å². The molecule has 0 aromatic heterocycles. The lowest BCUT2D eigenvalue weighted by molar-refractivity contribution is -0.0544. The Labute approximate surface area is 178 Å². The van der Waals surface area contributed by atoms with Crippen LogP contribution in [0.2, 0.25) is 0 Å². The van der Waals surface area contributed by atoms with Crippen molar-refractivity contribution in [2.45, 2.75) is 59.0 Å². The van der Waals surface area contributed by atoms with Crippen LogP contribution in [-0.4, -0.2) is 59.0 Å². The standard InChI is InChI=1S/C22H34FN3O4/c1-5-26(29)20(27)18-9-8-17(15-19(18)23)24-12-6-7-16-10-13-25(14-11-16)21(28)30-22(2,3)4/h8-9,15-16,24,29H,5-7,10-14H2,1-4H3. The number of benzene rings is 1. The summed E-state index contributed by atoms with van der Waals surface area (Å²) in [5, 5.41) is 13.1. The first-order valence-electron chi connectivity index (χ1n) is 10.6. The Bertz CT molecular complexity index is 728. The minimum atomic E-state index is -0.751. The van der Waals surface area contributed by atoms with E-state index in [1.165, 1.54) is 12.1 Å². The molecule has 0 radical (unpaired) electrons. The van der Waals surface area contributed by atoms with Crippen LogP contribution in [-0.2, 0) is 4.74 Å². The monoisotopic (exact) mass is 423 g/mol. The first-order chi connectivity index (χ1) is 14.1. The van der Waals surface area contributed by atoms with E-state index in [1.807, 2.05) is 20.8 Å². The van der Waals surface area contributed by atoms with E-state index in [4.69, 9.17) is 4.74 Å². The average Bonchev–Trinajstić information content (AvgIpc) is 2.69. The molecule has 1 heterocycles. The molecular weight excluding hydrogens is 389 g/mol. The van der Waals surface area contributed by atoms with Crippen LogP contribution < -0.4 is 5.32 Å². The van der Waals surface area contributed by atoms with Crippen LogP contribution in [0.3, 0.4) is 0 Å². The summed E-state index contributed by atoms with van der Waals surface area (Å²) in [6, 6.07) is 4.29. The Hall–Kier alpha value is -2.35. The summed E-state index contributed by atoms with van der Waals surface area (Å²) >= 11 is 0. The first kappa shape index (κ1) is 23.9. The molecule has 1 saturated heterocycles. The van der Waals surface area contributed by atoms with Gasteiger partial charge in [-0.3, -0.25) is 10.0 Å². The Kier molecular flexibility index (Phi) is 8.46. The topological polar surface area (TPSA) is 82.1 Å². The van der Waals surface area contributed by atoms with Crippen molar-refractivity contribution in [2.75, 3.05) is 31.5 Å². The van der Waals surface area contributed by atoms with Crippen molar-refractivity contribution in [3.63, 3.8) is 0 Å². The number of ether oxygens (including phenoxy) is 1. The highest BCUT2D eigenvalue weighted by Gasteiger charge is 2.26. The number of likely N-dealkylation sites (tertiary alicyclic amines) is 1. The van der Waals surface area contributed by atoms with Gasteiger partial charge in [-0.25, -0.2) is 14.2 Å². The number of carbonyl (C=O) groups excluding carboxylic acids is 2. The number of piperidine rings is 1. The van der Waals surface area contributed by atoms with Crippen LogP contribution in [0.25, 0.3) is 0 Å². The van der Waals surface area contributed by atoms with Gasteiger partial charge in [0.1, 0.15) is 11.4 Å². The Morgan fingerprint density at radius 3 is 2.53 bits per heavy atom. The van der Waals surface area contributed by atoms with Crippen molar-refractivity contribution < 1.29 is 23.9 Å². The third-order valence-electron chi connectivity index (χ3n) is 5.12. The van der Waals surface area contributed by atoms with E-state index in [-0.39, 0.29) is 18.2 Å². The average molecular weight is 424 g/mol. The van der Waals surface area contributed by atoms with Crippen LogP contribution in [0.1, 0.15) is 63.7 Å². The third kappa shape index (κ3) is 7.16. The van der Waals surface area contributed by atoms with Crippen LogP contribution in [0.15, 0.2) is 18.2 Å². The summed E-state index contributed by atoms with van der Waals surface area (Å²) in [6.45, 7) is 9.43. The molecule has 1 aromatic rings. The number of nitrogens with zero attached hydrogens (tertiary/aromatic N) is 2. The quantitative estimate of drug-likeness (QED) is 0.383. The molecule has 7 nitrogen and oxygen atoms in total. The Morgan fingerprint density at radius 1 is 1.30 bits per heavy atom. The minimum absolute atomic E-state index is 0.0922. The van der Waals surface area contributed by atoms with E-state index in [0.717, 1.165) is 25.7 Å². The van der Waals surface area contributed by atoms with E-state index in [1.54, 1.807) is 17.9 Å². The summed E-state index contributed by atoms with van der Waals surface area (Å²) in [6.07, 6.45) is 3.64. The molecule has 30 heavy (non-hydrogen) atoms. The van der Waals surface area contributed by atoms with Crippen LogP contribution in [0, 0.1) is 11.7 Å². The van der Waals surface area contributed by atoms with Gasteiger partial charge in [-0.2, -0.15) is 0 Å². The van der Waals surface area contributed by atoms with E-state index < -0.39 is 17.3 Å². The Morgan fingerprint density at radius 2 is 1.97 bits per heavy atom. The molecular formula is C22H34FN3O4. The van der Waals surface area contributed by atoms with Gasteiger partial charge in [-0.15, -0.1) is 0 Å². The molecule has 0 spiro atoms. The number of carbonyl (C=O) groups is 2. The van der Waals surface area contributed by atoms with Crippen LogP contribution >= 0.6 is 0 Å². The number of rotatable bonds is 7.